The van der Waals surface area contributed by atoms with Crippen molar-refractivity contribution in [3.63, 3.8) is 0 Å². The van der Waals surface area contributed by atoms with E-state index >= 15 is 0 Å². The lowest BCUT2D eigenvalue weighted by molar-refractivity contribution is 0.0764. The van der Waals surface area contributed by atoms with Crippen LogP contribution >= 0.6 is 11.6 Å². The first-order valence-corrected chi connectivity index (χ1v) is 7.30. The SMILES string of the molecule is CCOC(C)c1ccc(Oc2ccc(CCl)cc2)cc1. The van der Waals surface area contributed by atoms with Crippen LogP contribution in [0.25, 0.3) is 0 Å². The van der Waals surface area contributed by atoms with Crippen molar-refractivity contribution < 1.29 is 9.47 Å². The molecule has 0 amide bonds. The molecular formula is C17H19ClO2. The molecule has 20 heavy (non-hydrogen) atoms. The first kappa shape index (κ1) is 14.9. The van der Waals surface area contributed by atoms with Gasteiger partial charge in [-0.25, -0.2) is 0 Å². The summed E-state index contributed by atoms with van der Waals surface area (Å²) in [4.78, 5) is 0. The number of alkyl halides is 1. The van der Waals surface area contributed by atoms with Crippen LogP contribution in [0.3, 0.4) is 0 Å². The Bertz CT molecular complexity index is 520. The van der Waals surface area contributed by atoms with Crippen molar-refractivity contribution in [3.8, 4) is 11.5 Å². The number of hydrogen-bond donors (Lipinski definition) is 0. The first-order valence-electron chi connectivity index (χ1n) is 6.77. The molecule has 0 aliphatic carbocycles. The lowest BCUT2D eigenvalue weighted by Gasteiger charge is -2.12. The van der Waals surface area contributed by atoms with Crippen LogP contribution in [0.4, 0.5) is 0 Å². The zero-order valence-electron chi connectivity index (χ0n) is 11.8. The molecule has 0 bridgehead atoms. The molecule has 0 fully saturated rings. The fraction of sp³-hybridized carbons (Fsp3) is 0.294. The third kappa shape index (κ3) is 3.99. The van der Waals surface area contributed by atoms with Crippen LogP contribution in [0.2, 0.25) is 0 Å². The second-order valence-electron chi connectivity index (χ2n) is 4.55. The van der Waals surface area contributed by atoms with Crippen LogP contribution in [0.1, 0.15) is 31.1 Å². The minimum Gasteiger partial charge on any atom is -0.457 e. The summed E-state index contributed by atoms with van der Waals surface area (Å²) in [5.74, 6) is 2.14. The summed E-state index contributed by atoms with van der Waals surface area (Å²) in [6.45, 7) is 4.76. The molecule has 0 spiro atoms. The monoisotopic (exact) mass is 290 g/mol. The molecule has 0 saturated heterocycles. The maximum Gasteiger partial charge on any atom is 0.127 e. The third-order valence-corrected chi connectivity index (χ3v) is 3.39. The molecule has 2 nitrogen and oxygen atoms in total. The highest BCUT2D eigenvalue weighted by Gasteiger charge is 2.05. The molecule has 0 aliphatic rings. The van der Waals surface area contributed by atoms with Gasteiger partial charge >= 0.3 is 0 Å². The first-order chi connectivity index (χ1) is 9.72. The molecule has 2 aromatic carbocycles. The molecular weight excluding hydrogens is 272 g/mol. The highest BCUT2D eigenvalue weighted by atomic mass is 35.5. The van der Waals surface area contributed by atoms with E-state index in [1.807, 2.05) is 62.4 Å². The third-order valence-electron chi connectivity index (χ3n) is 3.08. The molecule has 0 radical (unpaired) electrons. The van der Waals surface area contributed by atoms with Crippen LogP contribution in [-0.4, -0.2) is 6.61 Å². The van der Waals surface area contributed by atoms with Gasteiger partial charge in [0.2, 0.25) is 0 Å². The van der Waals surface area contributed by atoms with Crippen molar-refractivity contribution in [3.05, 3.63) is 59.7 Å². The zero-order chi connectivity index (χ0) is 14.4. The van der Waals surface area contributed by atoms with E-state index in [1.54, 1.807) is 0 Å². The van der Waals surface area contributed by atoms with Crippen molar-refractivity contribution in [2.75, 3.05) is 6.61 Å². The van der Waals surface area contributed by atoms with Crippen LogP contribution in [0.15, 0.2) is 48.5 Å². The van der Waals surface area contributed by atoms with Gasteiger partial charge in [-0.3, -0.25) is 0 Å². The molecule has 3 heteroatoms. The Hall–Kier alpha value is -1.51. The van der Waals surface area contributed by atoms with E-state index in [-0.39, 0.29) is 6.10 Å². The van der Waals surface area contributed by atoms with Crippen LogP contribution in [-0.2, 0) is 10.6 Å². The second-order valence-corrected chi connectivity index (χ2v) is 4.81. The molecule has 0 aliphatic heterocycles. The van der Waals surface area contributed by atoms with Gasteiger partial charge < -0.3 is 9.47 Å². The number of benzene rings is 2. The quantitative estimate of drug-likeness (QED) is 0.671. The van der Waals surface area contributed by atoms with E-state index in [9.17, 15) is 0 Å². The fourth-order valence-corrected chi connectivity index (χ4v) is 2.11. The predicted octanol–water partition coefficient (Wildman–Crippen LogP) is 5.32. The van der Waals surface area contributed by atoms with E-state index < -0.39 is 0 Å². The Morgan fingerprint density at radius 3 is 2.00 bits per heavy atom. The van der Waals surface area contributed by atoms with Crippen molar-refractivity contribution in [1.82, 2.24) is 0 Å². The summed E-state index contributed by atoms with van der Waals surface area (Å²) in [5.41, 5.74) is 2.23. The lowest BCUT2D eigenvalue weighted by Crippen LogP contribution is -1.98. The minimum absolute atomic E-state index is 0.108. The largest absolute Gasteiger partial charge is 0.457 e. The number of hydrogen-bond acceptors (Lipinski definition) is 2. The Morgan fingerprint density at radius 1 is 0.950 bits per heavy atom. The normalized spacial score (nSPS) is 12.2. The van der Waals surface area contributed by atoms with Gasteiger partial charge in [-0.1, -0.05) is 24.3 Å². The lowest BCUT2D eigenvalue weighted by atomic mass is 10.1. The topological polar surface area (TPSA) is 18.5 Å². The van der Waals surface area contributed by atoms with Crippen LogP contribution in [0.5, 0.6) is 11.5 Å². The molecule has 0 heterocycles. The van der Waals surface area contributed by atoms with E-state index in [0.717, 1.165) is 22.6 Å². The summed E-state index contributed by atoms with van der Waals surface area (Å²) in [6.07, 6.45) is 0.108. The Balaban J connectivity index is 2.02. The zero-order valence-corrected chi connectivity index (χ0v) is 12.6. The van der Waals surface area contributed by atoms with E-state index in [1.165, 1.54) is 0 Å². The summed E-state index contributed by atoms with van der Waals surface area (Å²) in [7, 11) is 0. The van der Waals surface area contributed by atoms with E-state index in [2.05, 4.69) is 0 Å². The highest BCUT2D eigenvalue weighted by Crippen LogP contribution is 2.25. The van der Waals surface area contributed by atoms with Gasteiger partial charge in [-0.2, -0.15) is 0 Å². The second kappa shape index (κ2) is 7.32. The average molecular weight is 291 g/mol. The van der Waals surface area contributed by atoms with E-state index in [4.69, 9.17) is 21.1 Å². The van der Waals surface area contributed by atoms with Crippen LogP contribution < -0.4 is 4.74 Å². The summed E-state index contributed by atoms with van der Waals surface area (Å²) >= 11 is 5.76. The molecule has 106 valence electrons. The standard InChI is InChI=1S/C17H19ClO2/c1-3-19-13(2)15-6-10-17(11-7-15)20-16-8-4-14(12-18)5-9-16/h4-11,13H,3,12H2,1-2H3. The number of rotatable bonds is 6. The Labute approximate surface area is 125 Å². The van der Waals surface area contributed by atoms with Gasteiger partial charge in [0.05, 0.1) is 6.10 Å². The number of halogens is 1. The summed E-state index contributed by atoms with van der Waals surface area (Å²) in [5, 5.41) is 0. The van der Waals surface area contributed by atoms with Crippen molar-refractivity contribution in [1.29, 1.82) is 0 Å². The molecule has 0 saturated carbocycles. The van der Waals surface area contributed by atoms with Gasteiger partial charge in [0.25, 0.3) is 0 Å². The summed E-state index contributed by atoms with van der Waals surface area (Å²) < 4.78 is 11.3. The van der Waals surface area contributed by atoms with Gasteiger partial charge in [0.1, 0.15) is 11.5 Å². The molecule has 0 aromatic heterocycles. The maximum absolute atomic E-state index is 5.79. The molecule has 1 atom stereocenters. The molecule has 0 N–H and O–H groups in total. The van der Waals surface area contributed by atoms with E-state index in [0.29, 0.717) is 12.5 Å². The Morgan fingerprint density at radius 2 is 1.50 bits per heavy atom. The van der Waals surface area contributed by atoms with Gasteiger partial charge in [0.15, 0.2) is 0 Å². The predicted molar refractivity (Wildman–Crippen MR) is 82.6 cm³/mol. The average Bonchev–Trinajstić information content (AvgIpc) is 2.49. The smallest absolute Gasteiger partial charge is 0.127 e. The van der Waals surface area contributed by atoms with Gasteiger partial charge in [0, 0.05) is 12.5 Å². The Kier molecular flexibility index (Phi) is 5.45. The van der Waals surface area contributed by atoms with Crippen LogP contribution in [0, 0.1) is 0 Å². The molecule has 2 rings (SSSR count). The van der Waals surface area contributed by atoms with Crippen molar-refractivity contribution >= 4 is 11.6 Å². The molecule has 1 unspecified atom stereocenters. The van der Waals surface area contributed by atoms with Gasteiger partial charge in [-0.15, -0.1) is 11.6 Å². The highest BCUT2D eigenvalue weighted by molar-refractivity contribution is 6.17. The van der Waals surface area contributed by atoms with Crippen molar-refractivity contribution in [2.24, 2.45) is 0 Å². The summed E-state index contributed by atoms with van der Waals surface area (Å²) in [6, 6.07) is 15.8. The van der Waals surface area contributed by atoms with Crippen molar-refractivity contribution in [2.45, 2.75) is 25.8 Å². The minimum atomic E-state index is 0.108. The maximum atomic E-state index is 5.79. The number of ether oxygens (including phenoxy) is 2. The van der Waals surface area contributed by atoms with Gasteiger partial charge in [-0.05, 0) is 49.2 Å². The fourth-order valence-electron chi connectivity index (χ4n) is 1.94. The molecule has 2 aromatic rings.